The van der Waals surface area contributed by atoms with Crippen molar-refractivity contribution in [3.8, 4) is 0 Å². The second-order valence-electron chi connectivity index (χ2n) is 3.80. The predicted molar refractivity (Wildman–Crippen MR) is 62.2 cm³/mol. The number of rotatable bonds is 2. The summed E-state index contributed by atoms with van der Waals surface area (Å²) in [5.74, 6) is 6.70. The van der Waals surface area contributed by atoms with Crippen LogP contribution in [0.3, 0.4) is 0 Å². The molecule has 0 aliphatic carbocycles. The lowest BCUT2D eigenvalue weighted by atomic mass is 10.3. The van der Waals surface area contributed by atoms with E-state index in [-0.39, 0.29) is 0 Å². The number of aryl methyl sites for hydroxylation is 1. The first-order valence-electron chi connectivity index (χ1n) is 5.44. The summed E-state index contributed by atoms with van der Waals surface area (Å²) in [5, 5.41) is 0. The molecule has 3 N–H and O–H groups in total. The molecule has 6 nitrogen and oxygen atoms in total. The fourth-order valence-electron chi connectivity index (χ4n) is 1.78. The van der Waals surface area contributed by atoms with Crippen LogP contribution in [-0.2, 0) is 4.74 Å². The number of aromatic nitrogens is 2. The Morgan fingerprint density at radius 3 is 3.12 bits per heavy atom. The van der Waals surface area contributed by atoms with Crippen LogP contribution in [0.4, 0.5) is 11.8 Å². The van der Waals surface area contributed by atoms with Crippen LogP contribution in [0, 0.1) is 6.92 Å². The van der Waals surface area contributed by atoms with Crippen LogP contribution >= 0.6 is 0 Å². The molecule has 2 heterocycles. The second-order valence-corrected chi connectivity index (χ2v) is 3.80. The minimum Gasteiger partial charge on any atom is -0.380 e. The molecule has 0 radical (unpaired) electrons. The SMILES string of the molecule is Cc1cnc(NN)nc1N1CCCOCC1. The van der Waals surface area contributed by atoms with Gasteiger partial charge in [-0.15, -0.1) is 0 Å². The predicted octanol–water partition coefficient (Wildman–Crippen LogP) is 0.297. The molecule has 16 heavy (non-hydrogen) atoms. The van der Waals surface area contributed by atoms with Crippen LogP contribution in [0.1, 0.15) is 12.0 Å². The van der Waals surface area contributed by atoms with Crippen molar-refractivity contribution in [3.05, 3.63) is 11.8 Å². The van der Waals surface area contributed by atoms with E-state index in [1.807, 2.05) is 6.92 Å². The number of hydrogen-bond donors (Lipinski definition) is 2. The molecule has 1 aromatic rings. The Balaban J connectivity index is 2.22. The van der Waals surface area contributed by atoms with Gasteiger partial charge in [0.2, 0.25) is 5.95 Å². The van der Waals surface area contributed by atoms with Crippen LogP contribution in [0.25, 0.3) is 0 Å². The quantitative estimate of drug-likeness (QED) is 0.554. The van der Waals surface area contributed by atoms with Gasteiger partial charge in [0.05, 0.1) is 6.61 Å². The van der Waals surface area contributed by atoms with Gasteiger partial charge in [-0.25, -0.2) is 10.8 Å². The monoisotopic (exact) mass is 223 g/mol. The third-order valence-corrected chi connectivity index (χ3v) is 2.60. The van der Waals surface area contributed by atoms with Gasteiger partial charge in [-0.05, 0) is 13.3 Å². The topological polar surface area (TPSA) is 76.3 Å². The van der Waals surface area contributed by atoms with Crippen LogP contribution in [0.15, 0.2) is 6.20 Å². The summed E-state index contributed by atoms with van der Waals surface area (Å²) in [6.07, 6.45) is 2.80. The molecule has 0 atom stereocenters. The lowest BCUT2D eigenvalue weighted by Crippen LogP contribution is -2.28. The standard InChI is InChI=1S/C10H17N5O/c1-8-7-12-10(14-11)13-9(8)15-3-2-5-16-6-4-15/h7H,2-6,11H2,1H3,(H,12,13,14). The lowest BCUT2D eigenvalue weighted by molar-refractivity contribution is 0.152. The van der Waals surface area contributed by atoms with Gasteiger partial charge in [0.1, 0.15) is 5.82 Å². The first kappa shape index (κ1) is 11.1. The van der Waals surface area contributed by atoms with Crippen molar-refractivity contribution >= 4 is 11.8 Å². The fourth-order valence-corrected chi connectivity index (χ4v) is 1.78. The third kappa shape index (κ3) is 2.40. The number of nitrogens with one attached hydrogen (secondary N) is 1. The molecular formula is C10H17N5O. The Morgan fingerprint density at radius 2 is 2.31 bits per heavy atom. The van der Waals surface area contributed by atoms with E-state index in [1.54, 1.807) is 6.20 Å². The molecule has 88 valence electrons. The van der Waals surface area contributed by atoms with Crippen LogP contribution in [0.5, 0.6) is 0 Å². The Morgan fingerprint density at radius 1 is 1.44 bits per heavy atom. The van der Waals surface area contributed by atoms with E-state index in [0.717, 1.165) is 44.1 Å². The number of nitrogen functional groups attached to an aromatic ring is 1. The van der Waals surface area contributed by atoms with Crippen molar-refractivity contribution in [3.63, 3.8) is 0 Å². The molecule has 0 unspecified atom stereocenters. The zero-order chi connectivity index (χ0) is 11.4. The first-order chi connectivity index (χ1) is 7.81. The number of anilines is 2. The van der Waals surface area contributed by atoms with E-state index >= 15 is 0 Å². The molecule has 1 aliphatic rings. The number of hydrogen-bond acceptors (Lipinski definition) is 6. The molecule has 0 bridgehead atoms. The molecule has 1 aromatic heterocycles. The van der Waals surface area contributed by atoms with E-state index in [4.69, 9.17) is 10.6 Å². The van der Waals surface area contributed by atoms with Crippen LogP contribution in [-0.4, -0.2) is 36.3 Å². The lowest BCUT2D eigenvalue weighted by Gasteiger charge is -2.22. The highest BCUT2D eigenvalue weighted by molar-refractivity contribution is 5.48. The number of ether oxygens (including phenoxy) is 1. The Kier molecular flexibility index (Phi) is 3.53. The van der Waals surface area contributed by atoms with E-state index < -0.39 is 0 Å². The largest absolute Gasteiger partial charge is 0.380 e. The molecule has 0 saturated carbocycles. The molecular weight excluding hydrogens is 206 g/mol. The van der Waals surface area contributed by atoms with Gasteiger partial charge in [-0.2, -0.15) is 4.98 Å². The maximum Gasteiger partial charge on any atom is 0.239 e. The van der Waals surface area contributed by atoms with Crippen molar-refractivity contribution in [2.24, 2.45) is 5.84 Å². The maximum atomic E-state index is 5.42. The number of nitrogens with two attached hydrogens (primary N) is 1. The Bertz CT molecular complexity index is 349. The van der Waals surface area contributed by atoms with Crippen LogP contribution in [0.2, 0.25) is 0 Å². The fraction of sp³-hybridized carbons (Fsp3) is 0.600. The molecule has 0 aromatic carbocycles. The summed E-state index contributed by atoms with van der Waals surface area (Å²) < 4.78 is 5.42. The summed E-state index contributed by atoms with van der Waals surface area (Å²) in [5.41, 5.74) is 3.53. The van der Waals surface area contributed by atoms with Crippen molar-refractivity contribution in [1.29, 1.82) is 0 Å². The number of nitrogens with zero attached hydrogens (tertiary/aromatic N) is 3. The maximum absolute atomic E-state index is 5.42. The second kappa shape index (κ2) is 5.09. The Labute approximate surface area is 94.8 Å². The van der Waals surface area contributed by atoms with Gasteiger partial charge < -0.3 is 9.64 Å². The zero-order valence-electron chi connectivity index (χ0n) is 9.44. The highest BCUT2D eigenvalue weighted by Gasteiger charge is 2.14. The normalized spacial score (nSPS) is 17.0. The van der Waals surface area contributed by atoms with Gasteiger partial charge in [0.15, 0.2) is 0 Å². The summed E-state index contributed by atoms with van der Waals surface area (Å²) in [7, 11) is 0. The highest BCUT2D eigenvalue weighted by Crippen LogP contribution is 2.18. The van der Waals surface area contributed by atoms with E-state index in [0.29, 0.717) is 5.95 Å². The van der Waals surface area contributed by atoms with Crippen LogP contribution < -0.4 is 16.2 Å². The molecule has 1 saturated heterocycles. The van der Waals surface area contributed by atoms with Crippen molar-refractivity contribution in [1.82, 2.24) is 9.97 Å². The van der Waals surface area contributed by atoms with E-state index in [2.05, 4.69) is 20.3 Å². The van der Waals surface area contributed by atoms with Crippen molar-refractivity contribution in [2.45, 2.75) is 13.3 Å². The summed E-state index contributed by atoms with van der Waals surface area (Å²) >= 11 is 0. The molecule has 6 heteroatoms. The molecule has 0 spiro atoms. The minimum atomic E-state index is 0.450. The number of hydrazine groups is 1. The highest BCUT2D eigenvalue weighted by atomic mass is 16.5. The van der Waals surface area contributed by atoms with Gasteiger partial charge in [-0.3, -0.25) is 5.43 Å². The third-order valence-electron chi connectivity index (χ3n) is 2.60. The van der Waals surface area contributed by atoms with Gasteiger partial charge >= 0.3 is 0 Å². The smallest absolute Gasteiger partial charge is 0.239 e. The Hall–Kier alpha value is -1.40. The van der Waals surface area contributed by atoms with E-state index in [9.17, 15) is 0 Å². The van der Waals surface area contributed by atoms with Gasteiger partial charge in [-0.1, -0.05) is 0 Å². The molecule has 0 amide bonds. The zero-order valence-corrected chi connectivity index (χ0v) is 9.44. The van der Waals surface area contributed by atoms with Gasteiger partial charge in [0.25, 0.3) is 0 Å². The van der Waals surface area contributed by atoms with E-state index in [1.165, 1.54) is 0 Å². The molecule has 1 aliphatic heterocycles. The van der Waals surface area contributed by atoms with Crippen molar-refractivity contribution < 1.29 is 4.74 Å². The summed E-state index contributed by atoms with van der Waals surface area (Å²) in [4.78, 5) is 10.7. The molecule has 1 fully saturated rings. The van der Waals surface area contributed by atoms with Crippen molar-refractivity contribution in [2.75, 3.05) is 36.6 Å². The summed E-state index contributed by atoms with van der Waals surface area (Å²) in [6, 6.07) is 0. The van der Waals surface area contributed by atoms with Gasteiger partial charge in [0, 0.05) is 31.5 Å². The summed E-state index contributed by atoms with van der Waals surface area (Å²) in [6.45, 7) is 5.39. The average Bonchev–Trinajstić information content (AvgIpc) is 2.58. The minimum absolute atomic E-state index is 0.450. The first-order valence-corrected chi connectivity index (χ1v) is 5.44. The average molecular weight is 223 g/mol. The molecule has 2 rings (SSSR count).